The zero-order valence-electron chi connectivity index (χ0n) is 12.9. The van der Waals surface area contributed by atoms with Gasteiger partial charge in [-0.25, -0.2) is 13.4 Å². The smallest absolute Gasteiger partial charge is 0.240 e. The Hall–Kier alpha value is -3.07. The number of carbonyl (C=O) groups excluding carboxylic acids is 1. The van der Waals surface area contributed by atoms with Gasteiger partial charge in [0.05, 0.1) is 11.0 Å². The monoisotopic (exact) mass is 359 g/mol. The molecule has 0 aliphatic carbocycles. The second kappa shape index (κ2) is 5.78. The quantitative estimate of drug-likeness (QED) is 0.734. The molecule has 8 nitrogen and oxygen atoms in total. The fraction of sp³-hybridized carbons (Fsp3) is 0.125. The van der Waals surface area contributed by atoms with Gasteiger partial charge in [-0.2, -0.15) is 0 Å². The molecule has 0 saturated heterocycles. The molecule has 0 atom stereocenters. The molecule has 4 rings (SSSR count). The minimum absolute atomic E-state index is 0.118. The first-order chi connectivity index (χ1) is 12.0. The van der Waals surface area contributed by atoms with Crippen molar-refractivity contribution in [2.45, 2.75) is 5.16 Å². The summed E-state index contributed by atoms with van der Waals surface area (Å²) in [7, 11) is -3.89. The van der Waals surface area contributed by atoms with Crippen molar-refractivity contribution in [3.8, 4) is 11.5 Å². The van der Waals surface area contributed by atoms with Gasteiger partial charge in [0, 0.05) is 11.8 Å². The van der Waals surface area contributed by atoms with Crippen molar-refractivity contribution >= 4 is 32.5 Å². The molecule has 25 heavy (non-hydrogen) atoms. The van der Waals surface area contributed by atoms with Gasteiger partial charge in [-0.3, -0.25) is 4.79 Å². The number of para-hydroxylation sites is 2. The molecule has 0 fully saturated rings. The number of H-pyrrole nitrogens is 1. The van der Waals surface area contributed by atoms with Crippen LogP contribution < -0.4 is 14.8 Å². The van der Waals surface area contributed by atoms with Crippen LogP contribution >= 0.6 is 0 Å². The summed E-state index contributed by atoms with van der Waals surface area (Å²) < 4.78 is 35.2. The van der Waals surface area contributed by atoms with Crippen LogP contribution in [0.1, 0.15) is 0 Å². The van der Waals surface area contributed by atoms with Crippen LogP contribution in [0.4, 0.5) is 5.69 Å². The van der Waals surface area contributed by atoms with E-state index in [1.807, 2.05) is 0 Å². The molecule has 128 valence electrons. The zero-order chi connectivity index (χ0) is 17.4. The maximum atomic E-state index is 12.4. The van der Waals surface area contributed by atoms with Gasteiger partial charge in [0.15, 0.2) is 11.5 Å². The van der Waals surface area contributed by atoms with Gasteiger partial charge < -0.3 is 19.8 Å². The third kappa shape index (κ3) is 3.01. The van der Waals surface area contributed by atoms with E-state index in [1.165, 1.54) is 0 Å². The molecular weight excluding hydrogens is 346 g/mol. The van der Waals surface area contributed by atoms with Crippen LogP contribution in [-0.2, 0) is 14.6 Å². The van der Waals surface area contributed by atoms with Gasteiger partial charge in [0.25, 0.3) is 0 Å². The van der Waals surface area contributed by atoms with Crippen LogP contribution in [0.2, 0.25) is 0 Å². The Labute approximate surface area is 142 Å². The highest BCUT2D eigenvalue weighted by atomic mass is 32.2. The normalized spacial score (nSPS) is 13.1. The molecule has 0 unspecified atom stereocenters. The Morgan fingerprint density at radius 1 is 1.16 bits per heavy atom. The fourth-order valence-electron chi connectivity index (χ4n) is 2.49. The number of aromatic amines is 1. The number of anilines is 1. The van der Waals surface area contributed by atoms with Crippen molar-refractivity contribution in [1.29, 1.82) is 0 Å². The number of fused-ring (bicyclic) bond motifs is 2. The number of hydrogen-bond donors (Lipinski definition) is 2. The van der Waals surface area contributed by atoms with Crippen LogP contribution in [0, 0.1) is 0 Å². The zero-order valence-corrected chi connectivity index (χ0v) is 13.7. The first kappa shape index (κ1) is 15.5. The van der Waals surface area contributed by atoms with E-state index in [0.29, 0.717) is 28.2 Å². The van der Waals surface area contributed by atoms with E-state index < -0.39 is 21.5 Å². The molecule has 9 heteroatoms. The average molecular weight is 359 g/mol. The Morgan fingerprint density at radius 3 is 2.80 bits per heavy atom. The lowest BCUT2D eigenvalue weighted by Gasteiger charge is -2.06. The summed E-state index contributed by atoms with van der Waals surface area (Å²) in [6.07, 6.45) is 0. The Balaban J connectivity index is 1.51. The molecule has 1 aliphatic heterocycles. The van der Waals surface area contributed by atoms with E-state index in [4.69, 9.17) is 9.47 Å². The number of imidazole rings is 1. The van der Waals surface area contributed by atoms with Gasteiger partial charge in [-0.1, -0.05) is 12.1 Å². The molecule has 0 saturated carbocycles. The molecule has 1 amide bonds. The summed E-state index contributed by atoms with van der Waals surface area (Å²) in [5.41, 5.74) is 1.54. The van der Waals surface area contributed by atoms with Crippen LogP contribution in [0.25, 0.3) is 11.0 Å². The van der Waals surface area contributed by atoms with E-state index in [1.54, 1.807) is 42.5 Å². The Bertz CT molecular complexity index is 1040. The van der Waals surface area contributed by atoms with E-state index >= 15 is 0 Å². The third-order valence-electron chi connectivity index (χ3n) is 3.64. The number of carbonyl (C=O) groups is 1. The summed E-state index contributed by atoms with van der Waals surface area (Å²) in [4.78, 5) is 18.9. The van der Waals surface area contributed by atoms with Crippen molar-refractivity contribution in [3.63, 3.8) is 0 Å². The molecular formula is C16H13N3O5S. The molecule has 0 radical (unpaired) electrons. The summed E-state index contributed by atoms with van der Waals surface area (Å²) in [5.74, 6) is -0.313. The number of aromatic nitrogens is 2. The third-order valence-corrected chi connectivity index (χ3v) is 5.06. The predicted molar refractivity (Wildman–Crippen MR) is 89.3 cm³/mol. The predicted octanol–water partition coefficient (Wildman–Crippen LogP) is 1.70. The highest BCUT2D eigenvalue weighted by molar-refractivity contribution is 7.92. The molecule has 1 aromatic heterocycles. The lowest BCUT2D eigenvalue weighted by atomic mass is 10.3. The average Bonchev–Trinajstić information content (AvgIpc) is 3.20. The van der Waals surface area contributed by atoms with Gasteiger partial charge in [-0.05, 0) is 24.3 Å². The van der Waals surface area contributed by atoms with Crippen LogP contribution in [-0.4, -0.2) is 36.8 Å². The van der Waals surface area contributed by atoms with Gasteiger partial charge in [0.2, 0.25) is 27.7 Å². The maximum absolute atomic E-state index is 12.4. The molecule has 1 aliphatic rings. The van der Waals surface area contributed by atoms with Crippen molar-refractivity contribution in [1.82, 2.24) is 9.97 Å². The highest BCUT2D eigenvalue weighted by Gasteiger charge is 2.23. The molecule has 2 N–H and O–H groups in total. The van der Waals surface area contributed by atoms with Crippen molar-refractivity contribution in [2.75, 3.05) is 17.9 Å². The second-order valence-electron chi connectivity index (χ2n) is 5.43. The van der Waals surface area contributed by atoms with Gasteiger partial charge >= 0.3 is 0 Å². The molecule has 2 aromatic carbocycles. The van der Waals surface area contributed by atoms with Crippen LogP contribution in [0.15, 0.2) is 47.6 Å². The minimum Gasteiger partial charge on any atom is -0.454 e. The van der Waals surface area contributed by atoms with Crippen molar-refractivity contribution < 1.29 is 22.7 Å². The molecule has 0 spiro atoms. The number of sulfone groups is 1. The van der Waals surface area contributed by atoms with Crippen molar-refractivity contribution in [3.05, 3.63) is 42.5 Å². The summed E-state index contributed by atoms with van der Waals surface area (Å²) in [5, 5.41) is 2.31. The van der Waals surface area contributed by atoms with E-state index in [9.17, 15) is 13.2 Å². The van der Waals surface area contributed by atoms with E-state index in [2.05, 4.69) is 15.3 Å². The standard InChI is InChI=1S/C16H13N3O5S/c20-15(17-10-5-6-13-14(7-10)24-9-23-13)8-25(21,22)16-18-11-3-1-2-4-12(11)19-16/h1-7H,8-9H2,(H,17,20)(H,18,19). The summed E-state index contributed by atoms with van der Waals surface area (Å²) >= 11 is 0. The molecule has 0 bridgehead atoms. The number of amides is 1. The van der Waals surface area contributed by atoms with E-state index in [0.717, 1.165) is 0 Å². The lowest BCUT2D eigenvalue weighted by molar-refractivity contribution is -0.113. The van der Waals surface area contributed by atoms with E-state index in [-0.39, 0.29) is 11.9 Å². The summed E-state index contributed by atoms with van der Waals surface area (Å²) in [6, 6.07) is 11.8. The largest absolute Gasteiger partial charge is 0.454 e. The summed E-state index contributed by atoms with van der Waals surface area (Å²) in [6.45, 7) is 0.118. The minimum atomic E-state index is -3.89. The lowest BCUT2D eigenvalue weighted by Crippen LogP contribution is -2.23. The van der Waals surface area contributed by atoms with Gasteiger partial charge in [-0.15, -0.1) is 0 Å². The Morgan fingerprint density at radius 2 is 1.96 bits per heavy atom. The van der Waals surface area contributed by atoms with Crippen molar-refractivity contribution in [2.24, 2.45) is 0 Å². The van der Waals surface area contributed by atoms with Gasteiger partial charge in [0.1, 0.15) is 5.75 Å². The first-order valence-electron chi connectivity index (χ1n) is 7.38. The number of rotatable bonds is 4. The molecule has 2 heterocycles. The first-order valence-corrected chi connectivity index (χ1v) is 9.03. The second-order valence-corrected chi connectivity index (χ2v) is 7.34. The fourth-order valence-corrected chi connectivity index (χ4v) is 3.55. The Kier molecular flexibility index (Phi) is 3.57. The number of ether oxygens (including phenoxy) is 2. The molecule has 3 aromatic rings. The number of hydrogen-bond acceptors (Lipinski definition) is 6. The topological polar surface area (TPSA) is 110 Å². The SMILES string of the molecule is O=C(CS(=O)(=O)c1nc2ccccc2[nH]1)Nc1ccc2c(c1)OCO2. The van der Waals surface area contributed by atoms with Crippen LogP contribution in [0.5, 0.6) is 11.5 Å². The van der Waals surface area contributed by atoms with Crippen LogP contribution in [0.3, 0.4) is 0 Å². The number of nitrogens with zero attached hydrogens (tertiary/aromatic N) is 1. The number of nitrogens with one attached hydrogen (secondary N) is 2. The highest BCUT2D eigenvalue weighted by Crippen LogP contribution is 2.34. The maximum Gasteiger partial charge on any atom is 0.240 e. The number of benzene rings is 2.